The highest BCUT2D eigenvalue weighted by atomic mass is 127. The molecular weight excluding hydrogens is 491 g/mol. The zero-order chi connectivity index (χ0) is 19.8. The lowest BCUT2D eigenvalue weighted by Crippen LogP contribution is -2.36. The van der Waals surface area contributed by atoms with E-state index in [1.165, 1.54) is 4.88 Å². The van der Waals surface area contributed by atoms with Gasteiger partial charge in [-0.15, -0.1) is 35.3 Å². The van der Waals surface area contributed by atoms with Gasteiger partial charge in [-0.3, -0.25) is 0 Å². The van der Waals surface area contributed by atoms with E-state index >= 15 is 0 Å². The maximum Gasteiger partial charge on any atom is 0.203 e. The Bertz CT molecular complexity index is 770. The summed E-state index contributed by atoms with van der Waals surface area (Å²) >= 11 is 1.70. The zero-order valence-electron chi connectivity index (χ0n) is 17.2. The highest BCUT2D eigenvalue weighted by molar-refractivity contribution is 14.0. The molecule has 0 aliphatic rings. The third-order valence-corrected chi connectivity index (χ3v) is 4.98. The Hall–Kier alpha value is -1.75. The molecule has 0 aliphatic heterocycles. The molecular formula is C19H29IN4O3S. The number of methoxy groups -OCH3 is 3. The number of benzene rings is 1. The van der Waals surface area contributed by atoms with Gasteiger partial charge in [0.15, 0.2) is 17.5 Å². The van der Waals surface area contributed by atoms with E-state index in [2.05, 4.69) is 20.6 Å². The number of halogens is 1. The molecule has 0 amide bonds. The molecule has 0 spiro atoms. The number of nitrogens with one attached hydrogen (secondary N) is 2. The SMILES string of the molecule is CCNC(=NCc1cc(OC)c(OC)c(OC)c1)NCc1sc(C)nc1C.I. The molecule has 1 heterocycles. The first-order valence-corrected chi connectivity index (χ1v) is 9.57. The molecule has 0 atom stereocenters. The summed E-state index contributed by atoms with van der Waals surface area (Å²) in [5.74, 6) is 2.57. The van der Waals surface area contributed by atoms with Crippen LogP contribution in [0.1, 0.15) is 28.1 Å². The molecule has 28 heavy (non-hydrogen) atoms. The quantitative estimate of drug-likeness (QED) is 0.315. The number of aliphatic imine (C=N–C) groups is 1. The van der Waals surface area contributed by atoms with Crippen LogP contribution in [0.3, 0.4) is 0 Å². The van der Waals surface area contributed by atoms with Crippen molar-refractivity contribution in [1.29, 1.82) is 0 Å². The van der Waals surface area contributed by atoms with Crippen LogP contribution in [0.4, 0.5) is 0 Å². The van der Waals surface area contributed by atoms with Crippen LogP contribution < -0.4 is 24.8 Å². The Morgan fingerprint density at radius 3 is 2.18 bits per heavy atom. The van der Waals surface area contributed by atoms with Gasteiger partial charge in [0.2, 0.25) is 5.75 Å². The predicted molar refractivity (Wildman–Crippen MR) is 125 cm³/mol. The second-order valence-corrected chi connectivity index (χ2v) is 7.11. The molecule has 2 N–H and O–H groups in total. The van der Waals surface area contributed by atoms with Crippen LogP contribution in [-0.2, 0) is 13.1 Å². The van der Waals surface area contributed by atoms with E-state index in [0.717, 1.165) is 28.8 Å². The maximum absolute atomic E-state index is 5.40. The van der Waals surface area contributed by atoms with Crippen molar-refractivity contribution in [2.24, 2.45) is 4.99 Å². The summed E-state index contributed by atoms with van der Waals surface area (Å²) in [5, 5.41) is 7.70. The zero-order valence-corrected chi connectivity index (χ0v) is 20.4. The summed E-state index contributed by atoms with van der Waals surface area (Å²) in [6.45, 7) is 8.04. The van der Waals surface area contributed by atoms with Crippen molar-refractivity contribution in [2.45, 2.75) is 33.9 Å². The van der Waals surface area contributed by atoms with E-state index in [9.17, 15) is 0 Å². The molecule has 2 aromatic rings. The average molecular weight is 520 g/mol. The van der Waals surface area contributed by atoms with Crippen LogP contribution in [-0.4, -0.2) is 38.8 Å². The Morgan fingerprint density at radius 1 is 1.07 bits per heavy atom. The molecule has 0 saturated carbocycles. The Kier molecular flexibility index (Phi) is 10.4. The number of aromatic nitrogens is 1. The molecule has 0 bridgehead atoms. The van der Waals surface area contributed by atoms with E-state index in [-0.39, 0.29) is 24.0 Å². The molecule has 2 rings (SSSR count). The normalized spacial score (nSPS) is 10.9. The van der Waals surface area contributed by atoms with E-state index in [0.29, 0.717) is 30.3 Å². The molecule has 0 aliphatic carbocycles. The van der Waals surface area contributed by atoms with Gasteiger partial charge < -0.3 is 24.8 Å². The molecule has 0 radical (unpaired) electrons. The van der Waals surface area contributed by atoms with Gasteiger partial charge in [0, 0.05) is 11.4 Å². The van der Waals surface area contributed by atoms with Crippen molar-refractivity contribution in [3.05, 3.63) is 33.3 Å². The van der Waals surface area contributed by atoms with Gasteiger partial charge in [-0.05, 0) is 38.5 Å². The molecule has 0 fully saturated rings. The third-order valence-electron chi connectivity index (χ3n) is 3.90. The molecule has 0 saturated heterocycles. The smallest absolute Gasteiger partial charge is 0.203 e. The van der Waals surface area contributed by atoms with E-state index in [1.807, 2.05) is 32.9 Å². The summed E-state index contributed by atoms with van der Waals surface area (Å²) in [7, 11) is 4.80. The highest BCUT2D eigenvalue weighted by Crippen LogP contribution is 2.38. The third kappa shape index (κ3) is 6.40. The second-order valence-electron chi connectivity index (χ2n) is 5.82. The molecule has 0 unspecified atom stereocenters. The predicted octanol–water partition coefficient (Wildman–Crippen LogP) is 3.66. The monoisotopic (exact) mass is 520 g/mol. The number of thiazole rings is 1. The lowest BCUT2D eigenvalue weighted by Gasteiger charge is -2.14. The number of hydrogen-bond donors (Lipinski definition) is 2. The Balaban J connectivity index is 0.00000392. The van der Waals surface area contributed by atoms with E-state index in [1.54, 1.807) is 32.7 Å². The van der Waals surface area contributed by atoms with Gasteiger partial charge in [-0.1, -0.05) is 0 Å². The van der Waals surface area contributed by atoms with Crippen molar-refractivity contribution < 1.29 is 14.2 Å². The number of aryl methyl sites for hydroxylation is 2. The number of nitrogens with zero attached hydrogens (tertiary/aromatic N) is 2. The minimum absolute atomic E-state index is 0. The second kappa shape index (κ2) is 11.9. The average Bonchev–Trinajstić information content (AvgIpc) is 3.00. The lowest BCUT2D eigenvalue weighted by atomic mass is 10.2. The van der Waals surface area contributed by atoms with Gasteiger partial charge in [-0.2, -0.15) is 0 Å². The van der Waals surface area contributed by atoms with Crippen molar-refractivity contribution in [3.8, 4) is 17.2 Å². The van der Waals surface area contributed by atoms with Gasteiger partial charge in [0.05, 0.1) is 45.1 Å². The van der Waals surface area contributed by atoms with Crippen LogP contribution in [0.15, 0.2) is 17.1 Å². The lowest BCUT2D eigenvalue weighted by molar-refractivity contribution is 0.324. The van der Waals surface area contributed by atoms with Crippen LogP contribution in [0, 0.1) is 13.8 Å². The van der Waals surface area contributed by atoms with Gasteiger partial charge >= 0.3 is 0 Å². The van der Waals surface area contributed by atoms with Crippen molar-refractivity contribution in [2.75, 3.05) is 27.9 Å². The van der Waals surface area contributed by atoms with E-state index in [4.69, 9.17) is 14.2 Å². The fourth-order valence-electron chi connectivity index (χ4n) is 2.64. The Labute approximate surface area is 187 Å². The van der Waals surface area contributed by atoms with E-state index < -0.39 is 0 Å². The van der Waals surface area contributed by atoms with Crippen LogP contribution in [0.25, 0.3) is 0 Å². The number of hydrogen-bond acceptors (Lipinski definition) is 6. The molecule has 156 valence electrons. The largest absolute Gasteiger partial charge is 0.493 e. The van der Waals surface area contributed by atoms with Gasteiger partial charge in [0.1, 0.15) is 0 Å². The van der Waals surface area contributed by atoms with Crippen molar-refractivity contribution in [1.82, 2.24) is 15.6 Å². The summed E-state index contributed by atoms with van der Waals surface area (Å²) in [6, 6.07) is 3.82. The van der Waals surface area contributed by atoms with Crippen LogP contribution in [0.2, 0.25) is 0 Å². The number of guanidine groups is 1. The van der Waals surface area contributed by atoms with Crippen molar-refractivity contribution >= 4 is 41.3 Å². The first-order valence-electron chi connectivity index (χ1n) is 8.76. The summed E-state index contributed by atoms with van der Waals surface area (Å²) in [6.07, 6.45) is 0. The topological polar surface area (TPSA) is 77.0 Å². The fourth-order valence-corrected chi connectivity index (χ4v) is 3.52. The minimum Gasteiger partial charge on any atom is -0.493 e. The van der Waals surface area contributed by atoms with Gasteiger partial charge in [-0.25, -0.2) is 9.98 Å². The summed E-state index contributed by atoms with van der Waals surface area (Å²) in [5.41, 5.74) is 2.02. The molecule has 1 aromatic heterocycles. The maximum atomic E-state index is 5.40. The molecule has 9 heteroatoms. The van der Waals surface area contributed by atoms with Crippen molar-refractivity contribution in [3.63, 3.8) is 0 Å². The first kappa shape index (κ1) is 24.3. The Morgan fingerprint density at radius 2 is 1.71 bits per heavy atom. The molecule has 1 aromatic carbocycles. The summed E-state index contributed by atoms with van der Waals surface area (Å²) in [4.78, 5) is 10.3. The van der Waals surface area contributed by atoms with Crippen LogP contribution >= 0.6 is 35.3 Å². The first-order chi connectivity index (χ1) is 13.0. The number of rotatable bonds is 8. The summed E-state index contributed by atoms with van der Waals surface area (Å²) < 4.78 is 16.2. The van der Waals surface area contributed by atoms with Crippen LogP contribution in [0.5, 0.6) is 17.2 Å². The standard InChI is InChI=1S/C19H28N4O3S.HI/c1-7-20-19(22-11-17-12(2)23-13(3)27-17)21-10-14-8-15(24-4)18(26-6)16(9-14)25-5;/h8-9H,7,10-11H2,1-6H3,(H2,20,21,22);1H. The molecule has 7 nitrogen and oxygen atoms in total. The number of ether oxygens (including phenoxy) is 3. The minimum atomic E-state index is 0. The highest BCUT2D eigenvalue weighted by Gasteiger charge is 2.13. The fraction of sp³-hybridized carbons (Fsp3) is 0.474. The van der Waals surface area contributed by atoms with Gasteiger partial charge in [0.25, 0.3) is 0 Å².